The summed E-state index contributed by atoms with van der Waals surface area (Å²) in [6, 6.07) is 10.4. The van der Waals surface area contributed by atoms with Gasteiger partial charge in [0.15, 0.2) is 0 Å². The average Bonchev–Trinajstić information content (AvgIpc) is 3.10. The molecule has 1 N–H and O–H groups in total. The molecule has 0 aliphatic rings. The Morgan fingerprint density at radius 3 is 2.77 bits per heavy atom. The van der Waals surface area contributed by atoms with E-state index in [9.17, 15) is 4.79 Å². The fraction of sp³-hybridized carbons (Fsp3) is 0.526. The van der Waals surface area contributed by atoms with Crippen LogP contribution >= 0.6 is 11.5 Å². The van der Waals surface area contributed by atoms with Gasteiger partial charge in [0.25, 0.3) is 0 Å². The summed E-state index contributed by atoms with van der Waals surface area (Å²) in [5, 5.41) is 3.84. The van der Waals surface area contributed by atoms with E-state index < -0.39 is 0 Å². The standard InChI is InChI=1S/C19H28N4O2S/c1-4-15(2)20-18(24)10-11-23(12-13-25-3)19-21-17(22-26-19)14-16-8-6-5-7-9-16/h5-9,15H,4,10-14H2,1-3H3,(H,20,24). The fourth-order valence-corrected chi connectivity index (χ4v) is 3.15. The molecule has 1 unspecified atom stereocenters. The van der Waals surface area contributed by atoms with Gasteiger partial charge >= 0.3 is 0 Å². The van der Waals surface area contributed by atoms with E-state index in [-0.39, 0.29) is 11.9 Å². The third kappa shape index (κ3) is 6.72. The van der Waals surface area contributed by atoms with Crippen LogP contribution in [0.2, 0.25) is 0 Å². The molecule has 1 aromatic heterocycles. The smallest absolute Gasteiger partial charge is 0.221 e. The monoisotopic (exact) mass is 376 g/mol. The van der Waals surface area contributed by atoms with Gasteiger partial charge < -0.3 is 15.0 Å². The number of anilines is 1. The number of aromatic nitrogens is 2. The fourth-order valence-electron chi connectivity index (χ4n) is 2.41. The first-order chi connectivity index (χ1) is 12.6. The van der Waals surface area contributed by atoms with E-state index in [4.69, 9.17) is 4.74 Å². The number of benzene rings is 1. The summed E-state index contributed by atoms with van der Waals surface area (Å²) in [7, 11) is 1.68. The van der Waals surface area contributed by atoms with Gasteiger partial charge in [0, 0.05) is 50.6 Å². The van der Waals surface area contributed by atoms with E-state index in [2.05, 4.69) is 38.6 Å². The molecule has 26 heavy (non-hydrogen) atoms. The molecule has 0 bridgehead atoms. The maximum atomic E-state index is 12.1. The van der Waals surface area contributed by atoms with Crippen LogP contribution in [0.1, 0.15) is 38.1 Å². The van der Waals surface area contributed by atoms with Crippen molar-refractivity contribution in [1.29, 1.82) is 0 Å². The van der Waals surface area contributed by atoms with E-state index >= 15 is 0 Å². The quantitative estimate of drug-likeness (QED) is 0.653. The zero-order valence-electron chi connectivity index (χ0n) is 15.8. The summed E-state index contributed by atoms with van der Waals surface area (Å²) < 4.78 is 9.68. The first-order valence-corrected chi connectivity index (χ1v) is 9.79. The second-order valence-corrected chi connectivity index (χ2v) is 6.99. The van der Waals surface area contributed by atoms with Crippen LogP contribution in [-0.4, -0.2) is 48.1 Å². The lowest BCUT2D eigenvalue weighted by atomic mass is 10.1. The Kier molecular flexibility index (Phi) is 8.50. The first kappa shape index (κ1) is 20.3. The minimum atomic E-state index is 0.0655. The van der Waals surface area contributed by atoms with E-state index in [0.717, 1.165) is 17.4 Å². The molecule has 1 atom stereocenters. The lowest BCUT2D eigenvalue weighted by Crippen LogP contribution is -2.36. The van der Waals surface area contributed by atoms with Crippen LogP contribution < -0.4 is 10.2 Å². The van der Waals surface area contributed by atoms with Gasteiger partial charge in [-0.15, -0.1) is 0 Å². The number of methoxy groups -OCH3 is 1. The van der Waals surface area contributed by atoms with Crippen molar-refractivity contribution in [2.75, 3.05) is 31.7 Å². The molecule has 0 aliphatic carbocycles. The summed E-state index contributed by atoms with van der Waals surface area (Å²) >= 11 is 1.37. The average molecular weight is 377 g/mol. The van der Waals surface area contributed by atoms with Crippen LogP contribution in [0.5, 0.6) is 0 Å². The number of nitrogens with zero attached hydrogens (tertiary/aromatic N) is 3. The largest absolute Gasteiger partial charge is 0.383 e. The topological polar surface area (TPSA) is 67.4 Å². The van der Waals surface area contributed by atoms with Gasteiger partial charge in [-0.1, -0.05) is 37.3 Å². The van der Waals surface area contributed by atoms with Crippen LogP contribution in [0.4, 0.5) is 5.13 Å². The van der Waals surface area contributed by atoms with Crippen LogP contribution in [-0.2, 0) is 16.0 Å². The Morgan fingerprint density at radius 1 is 1.31 bits per heavy atom. The molecule has 1 heterocycles. The molecule has 6 nitrogen and oxygen atoms in total. The van der Waals surface area contributed by atoms with Crippen molar-refractivity contribution in [2.24, 2.45) is 0 Å². The van der Waals surface area contributed by atoms with Gasteiger partial charge in [-0.2, -0.15) is 4.37 Å². The maximum absolute atomic E-state index is 12.1. The number of rotatable bonds is 11. The highest BCUT2D eigenvalue weighted by Gasteiger charge is 2.15. The molecule has 2 aromatic rings. The van der Waals surface area contributed by atoms with Crippen molar-refractivity contribution >= 4 is 22.6 Å². The van der Waals surface area contributed by atoms with Gasteiger partial charge in [0.2, 0.25) is 11.0 Å². The Morgan fingerprint density at radius 2 is 2.08 bits per heavy atom. The van der Waals surface area contributed by atoms with Crippen molar-refractivity contribution < 1.29 is 9.53 Å². The predicted octanol–water partition coefficient (Wildman–Crippen LogP) is 2.89. The molecule has 1 amide bonds. The minimum Gasteiger partial charge on any atom is -0.383 e. The van der Waals surface area contributed by atoms with Gasteiger partial charge in [-0.05, 0) is 18.9 Å². The normalized spacial score (nSPS) is 12.0. The number of hydrogen-bond acceptors (Lipinski definition) is 6. The molecular formula is C19H28N4O2S. The molecule has 0 spiro atoms. The summed E-state index contributed by atoms with van der Waals surface area (Å²) in [6.45, 7) is 5.95. The number of hydrogen-bond donors (Lipinski definition) is 1. The van der Waals surface area contributed by atoms with Crippen LogP contribution in [0.25, 0.3) is 0 Å². The minimum absolute atomic E-state index is 0.0655. The van der Waals surface area contributed by atoms with Crippen LogP contribution in [0, 0.1) is 0 Å². The number of ether oxygens (including phenoxy) is 1. The molecule has 2 rings (SSSR count). The summed E-state index contributed by atoms with van der Waals surface area (Å²) in [4.78, 5) is 18.8. The van der Waals surface area contributed by atoms with E-state index in [1.165, 1.54) is 17.1 Å². The first-order valence-electron chi connectivity index (χ1n) is 9.02. The summed E-state index contributed by atoms with van der Waals surface area (Å²) in [5.41, 5.74) is 1.19. The molecule has 7 heteroatoms. The van der Waals surface area contributed by atoms with Gasteiger partial charge in [-0.25, -0.2) is 4.98 Å². The SMILES string of the molecule is CCC(C)NC(=O)CCN(CCOC)c1nc(Cc2ccccc2)ns1. The predicted molar refractivity (Wildman–Crippen MR) is 106 cm³/mol. The highest BCUT2D eigenvalue weighted by molar-refractivity contribution is 7.09. The third-order valence-electron chi connectivity index (χ3n) is 4.13. The Labute approximate surface area is 159 Å². The molecule has 1 aromatic carbocycles. The molecular weight excluding hydrogens is 348 g/mol. The lowest BCUT2D eigenvalue weighted by Gasteiger charge is -2.21. The van der Waals surface area contributed by atoms with Gasteiger partial charge in [0.1, 0.15) is 5.82 Å². The zero-order valence-corrected chi connectivity index (χ0v) is 16.6. The third-order valence-corrected chi connectivity index (χ3v) is 4.94. The van der Waals surface area contributed by atoms with Crippen molar-refractivity contribution in [3.05, 3.63) is 41.7 Å². The number of carbonyl (C=O) groups excluding carboxylic acids is 1. The van der Waals surface area contributed by atoms with E-state index in [0.29, 0.717) is 32.5 Å². The lowest BCUT2D eigenvalue weighted by molar-refractivity contribution is -0.121. The van der Waals surface area contributed by atoms with Crippen molar-refractivity contribution in [3.63, 3.8) is 0 Å². The Bertz CT molecular complexity index is 663. The molecule has 0 saturated heterocycles. The number of carbonyl (C=O) groups is 1. The second-order valence-electron chi connectivity index (χ2n) is 6.26. The van der Waals surface area contributed by atoms with Crippen LogP contribution in [0.3, 0.4) is 0 Å². The highest BCUT2D eigenvalue weighted by Crippen LogP contribution is 2.19. The van der Waals surface area contributed by atoms with E-state index in [1.54, 1.807) is 7.11 Å². The maximum Gasteiger partial charge on any atom is 0.221 e. The zero-order chi connectivity index (χ0) is 18.8. The molecule has 0 radical (unpaired) electrons. The Balaban J connectivity index is 1.96. The van der Waals surface area contributed by atoms with Crippen molar-refractivity contribution in [1.82, 2.24) is 14.7 Å². The van der Waals surface area contributed by atoms with Gasteiger partial charge in [-0.3, -0.25) is 4.79 Å². The molecule has 0 fully saturated rings. The van der Waals surface area contributed by atoms with Crippen molar-refractivity contribution in [3.8, 4) is 0 Å². The number of amides is 1. The molecule has 0 aliphatic heterocycles. The second kappa shape index (κ2) is 10.9. The summed E-state index contributed by atoms with van der Waals surface area (Å²) in [5.74, 6) is 0.874. The summed E-state index contributed by atoms with van der Waals surface area (Å²) in [6.07, 6.45) is 2.07. The molecule has 142 valence electrons. The van der Waals surface area contributed by atoms with Gasteiger partial charge in [0.05, 0.1) is 6.61 Å². The number of nitrogens with one attached hydrogen (secondary N) is 1. The van der Waals surface area contributed by atoms with Crippen LogP contribution in [0.15, 0.2) is 30.3 Å². The van der Waals surface area contributed by atoms with E-state index in [1.807, 2.05) is 25.1 Å². The molecule has 0 saturated carbocycles. The Hall–Kier alpha value is -1.99. The highest BCUT2D eigenvalue weighted by atomic mass is 32.1. The van der Waals surface area contributed by atoms with Crippen molar-refractivity contribution in [2.45, 2.75) is 39.2 Å².